The van der Waals surface area contributed by atoms with Gasteiger partial charge in [-0.1, -0.05) is 61.7 Å². The zero-order valence-electron chi connectivity index (χ0n) is 18.6. The highest BCUT2D eigenvalue weighted by molar-refractivity contribution is 5.96. The SMILES string of the molecule is O=C(NC1(CCN2Cc3ccccc3C2)CCCCC1)c1cccc(-c2cccnc2)c1. The van der Waals surface area contributed by atoms with Gasteiger partial charge in [-0.3, -0.25) is 14.7 Å². The average Bonchev–Trinajstić information content (AvgIpc) is 3.27. The number of amides is 1. The van der Waals surface area contributed by atoms with E-state index in [9.17, 15) is 4.79 Å². The Labute approximate surface area is 190 Å². The standard InChI is InChI=1S/C28H31N3O/c32-27(23-11-6-10-22(18-23)24-12-7-16-29-19-24)30-28(13-4-1-5-14-28)15-17-31-20-25-8-2-3-9-26(25)21-31/h2-3,6-12,16,18-19H,1,4-5,13-15,17,20-21H2,(H,30,32). The van der Waals surface area contributed by atoms with Crippen molar-refractivity contribution in [1.82, 2.24) is 15.2 Å². The van der Waals surface area contributed by atoms with Gasteiger partial charge < -0.3 is 5.32 Å². The van der Waals surface area contributed by atoms with Crippen LogP contribution in [0.5, 0.6) is 0 Å². The van der Waals surface area contributed by atoms with Crippen LogP contribution in [0.4, 0.5) is 0 Å². The Balaban J connectivity index is 1.28. The van der Waals surface area contributed by atoms with Gasteiger partial charge in [0.1, 0.15) is 0 Å². The minimum atomic E-state index is -0.103. The van der Waals surface area contributed by atoms with Crippen LogP contribution in [0.15, 0.2) is 73.1 Å². The van der Waals surface area contributed by atoms with Crippen molar-refractivity contribution in [1.29, 1.82) is 0 Å². The van der Waals surface area contributed by atoms with Gasteiger partial charge >= 0.3 is 0 Å². The Kier molecular flexibility index (Phi) is 6.04. The first-order valence-corrected chi connectivity index (χ1v) is 11.8. The van der Waals surface area contributed by atoms with E-state index in [1.807, 2.05) is 42.6 Å². The molecule has 1 amide bonds. The van der Waals surface area contributed by atoms with E-state index in [1.54, 1.807) is 6.20 Å². The Hall–Kier alpha value is -2.98. The highest BCUT2D eigenvalue weighted by atomic mass is 16.1. The molecular weight excluding hydrogens is 394 g/mol. The van der Waals surface area contributed by atoms with Gasteiger partial charge in [0.05, 0.1) is 0 Å². The average molecular weight is 426 g/mol. The zero-order valence-corrected chi connectivity index (χ0v) is 18.6. The van der Waals surface area contributed by atoms with Crippen molar-refractivity contribution in [2.24, 2.45) is 0 Å². The van der Waals surface area contributed by atoms with Gasteiger partial charge in [0, 0.05) is 48.7 Å². The summed E-state index contributed by atoms with van der Waals surface area (Å²) in [4.78, 5) is 20.1. The van der Waals surface area contributed by atoms with Gasteiger partial charge in [-0.05, 0) is 54.2 Å². The van der Waals surface area contributed by atoms with Crippen molar-refractivity contribution >= 4 is 5.91 Å². The largest absolute Gasteiger partial charge is 0.347 e. The van der Waals surface area contributed by atoms with E-state index in [4.69, 9.17) is 0 Å². The first kappa shape index (κ1) is 20.9. The van der Waals surface area contributed by atoms with Crippen LogP contribution in [0, 0.1) is 0 Å². The molecule has 3 aromatic rings. The molecule has 1 N–H and O–H groups in total. The fourth-order valence-corrected chi connectivity index (χ4v) is 5.29. The van der Waals surface area contributed by atoms with Crippen LogP contribution in [0.2, 0.25) is 0 Å². The number of carbonyl (C=O) groups excluding carboxylic acids is 1. The van der Waals surface area contributed by atoms with E-state index in [2.05, 4.69) is 39.5 Å². The molecule has 0 spiro atoms. The minimum Gasteiger partial charge on any atom is -0.347 e. The molecule has 1 aromatic heterocycles. The molecule has 32 heavy (non-hydrogen) atoms. The lowest BCUT2D eigenvalue weighted by molar-refractivity contribution is 0.0843. The first-order valence-electron chi connectivity index (χ1n) is 11.8. The van der Waals surface area contributed by atoms with Crippen molar-refractivity contribution in [3.8, 4) is 11.1 Å². The second-order valence-corrected chi connectivity index (χ2v) is 9.35. The van der Waals surface area contributed by atoms with E-state index < -0.39 is 0 Å². The number of hydrogen-bond donors (Lipinski definition) is 1. The fourth-order valence-electron chi connectivity index (χ4n) is 5.29. The Morgan fingerprint density at radius 1 is 0.906 bits per heavy atom. The molecule has 0 radical (unpaired) electrons. The van der Waals surface area contributed by atoms with Crippen molar-refractivity contribution in [2.75, 3.05) is 6.54 Å². The summed E-state index contributed by atoms with van der Waals surface area (Å²) in [5.74, 6) is 0.0438. The fraction of sp³-hybridized carbons (Fsp3) is 0.357. The van der Waals surface area contributed by atoms with Gasteiger partial charge in [0.15, 0.2) is 0 Å². The molecule has 5 rings (SSSR count). The second kappa shape index (κ2) is 9.25. The smallest absolute Gasteiger partial charge is 0.251 e. The topological polar surface area (TPSA) is 45.2 Å². The van der Waals surface area contributed by atoms with Gasteiger partial charge in [-0.2, -0.15) is 0 Å². The van der Waals surface area contributed by atoms with Crippen molar-refractivity contribution < 1.29 is 4.79 Å². The van der Waals surface area contributed by atoms with Crippen LogP contribution in [0.1, 0.15) is 60.0 Å². The van der Waals surface area contributed by atoms with Crippen LogP contribution in [-0.4, -0.2) is 27.9 Å². The number of pyridine rings is 1. The van der Waals surface area contributed by atoms with E-state index in [-0.39, 0.29) is 11.4 Å². The van der Waals surface area contributed by atoms with Gasteiger partial charge in [0.25, 0.3) is 5.91 Å². The van der Waals surface area contributed by atoms with Gasteiger partial charge in [0.2, 0.25) is 0 Å². The van der Waals surface area contributed by atoms with E-state index in [0.29, 0.717) is 0 Å². The number of nitrogens with one attached hydrogen (secondary N) is 1. The number of aromatic nitrogens is 1. The maximum Gasteiger partial charge on any atom is 0.251 e. The van der Waals surface area contributed by atoms with E-state index in [1.165, 1.54) is 30.4 Å². The summed E-state index contributed by atoms with van der Waals surface area (Å²) in [6.07, 6.45) is 10.4. The number of nitrogens with zero attached hydrogens (tertiary/aromatic N) is 2. The zero-order chi connectivity index (χ0) is 21.8. The Morgan fingerprint density at radius 3 is 2.38 bits per heavy atom. The summed E-state index contributed by atoms with van der Waals surface area (Å²) in [5, 5.41) is 3.49. The van der Waals surface area contributed by atoms with Crippen LogP contribution < -0.4 is 5.32 Å². The number of rotatable bonds is 6. The molecule has 0 bridgehead atoms. The summed E-state index contributed by atoms with van der Waals surface area (Å²) in [6.45, 7) is 3.06. The lowest BCUT2D eigenvalue weighted by Crippen LogP contribution is -2.51. The first-order chi connectivity index (χ1) is 15.7. The second-order valence-electron chi connectivity index (χ2n) is 9.35. The maximum atomic E-state index is 13.3. The Morgan fingerprint density at radius 2 is 1.66 bits per heavy atom. The summed E-state index contributed by atoms with van der Waals surface area (Å²) in [5.41, 5.74) is 5.57. The summed E-state index contributed by atoms with van der Waals surface area (Å²) in [6, 6.07) is 20.6. The number of hydrogen-bond acceptors (Lipinski definition) is 3. The number of fused-ring (bicyclic) bond motifs is 1. The summed E-state index contributed by atoms with van der Waals surface area (Å²) in [7, 11) is 0. The van der Waals surface area contributed by atoms with E-state index in [0.717, 1.165) is 55.6 Å². The third-order valence-corrected chi connectivity index (χ3v) is 7.12. The molecule has 0 atom stereocenters. The van der Waals surface area contributed by atoms with Gasteiger partial charge in [-0.15, -0.1) is 0 Å². The minimum absolute atomic E-state index is 0.0438. The molecule has 1 aliphatic heterocycles. The molecule has 1 saturated carbocycles. The molecule has 0 unspecified atom stereocenters. The normalized spacial score (nSPS) is 17.6. The van der Waals surface area contributed by atoms with Crippen molar-refractivity contribution in [2.45, 2.75) is 57.2 Å². The summed E-state index contributed by atoms with van der Waals surface area (Å²) >= 11 is 0. The molecular formula is C28H31N3O. The highest BCUT2D eigenvalue weighted by Crippen LogP contribution is 2.33. The lowest BCUT2D eigenvalue weighted by atomic mass is 9.79. The molecule has 4 heteroatoms. The molecule has 2 heterocycles. The quantitative estimate of drug-likeness (QED) is 0.560. The third-order valence-electron chi connectivity index (χ3n) is 7.12. The Bertz CT molecular complexity index is 1050. The molecule has 0 saturated heterocycles. The molecule has 1 aliphatic carbocycles. The number of carbonyl (C=O) groups is 1. The van der Waals surface area contributed by atoms with Gasteiger partial charge in [-0.25, -0.2) is 0 Å². The summed E-state index contributed by atoms with van der Waals surface area (Å²) < 4.78 is 0. The number of benzene rings is 2. The molecule has 2 aliphatic rings. The maximum absolute atomic E-state index is 13.3. The van der Waals surface area contributed by atoms with Crippen molar-refractivity contribution in [3.05, 3.63) is 89.7 Å². The molecule has 1 fully saturated rings. The lowest BCUT2D eigenvalue weighted by Gasteiger charge is -2.39. The van der Waals surface area contributed by atoms with Crippen LogP contribution in [0.3, 0.4) is 0 Å². The van der Waals surface area contributed by atoms with Crippen molar-refractivity contribution in [3.63, 3.8) is 0 Å². The highest BCUT2D eigenvalue weighted by Gasteiger charge is 2.34. The predicted octanol–water partition coefficient (Wildman–Crippen LogP) is 5.59. The predicted molar refractivity (Wildman–Crippen MR) is 128 cm³/mol. The third kappa shape index (κ3) is 4.61. The van der Waals surface area contributed by atoms with E-state index >= 15 is 0 Å². The monoisotopic (exact) mass is 425 g/mol. The molecule has 2 aromatic carbocycles. The van der Waals surface area contributed by atoms with Crippen LogP contribution >= 0.6 is 0 Å². The molecule has 164 valence electrons. The molecule has 4 nitrogen and oxygen atoms in total. The van der Waals surface area contributed by atoms with Crippen LogP contribution in [-0.2, 0) is 13.1 Å². The van der Waals surface area contributed by atoms with Crippen LogP contribution in [0.25, 0.3) is 11.1 Å².